The van der Waals surface area contributed by atoms with Crippen molar-refractivity contribution in [1.29, 1.82) is 0 Å². The number of aliphatic hydroxyl groups excluding tert-OH is 1. The summed E-state index contributed by atoms with van der Waals surface area (Å²) in [5, 5.41) is 9.56. The SMILES string of the molecule is COc1ccc([C@H](O)CCN)cc1. The second-order valence-corrected chi connectivity index (χ2v) is 2.87. The van der Waals surface area contributed by atoms with Crippen LogP contribution in [0.3, 0.4) is 0 Å². The molecule has 3 N–H and O–H groups in total. The lowest BCUT2D eigenvalue weighted by Gasteiger charge is -2.09. The molecule has 1 rings (SSSR count). The molecule has 0 aliphatic carbocycles. The molecule has 0 saturated heterocycles. The summed E-state index contributed by atoms with van der Waals surface area (Å²) < 4.78 is 5.00. The molecule has 3 heteroatoms. The summed E-state index contributed by atoms with van der Waals surface area (Å²) in [6, 6.07) is 7.35. The van der Waals surface area contributed by atoms with Gasteiger partial charge in [0.05, 0.1) is 13.2 Å². The zero-order valence-electron chi connectivity index (χ0n) is 7.73. The van der Waals surface area contributed by atoms with Gasteiger partial charge in [0.1, 0.15) is 5.75 Å². The number of rotatable bonds is 4. The molecule has 0 spiro atoms. The van der Waals surface area contributed by atoms with Gasteiger partial charge in [-0.2, -0.15) is 0 Å². The highest BCUT2D eigenvalue weighted by molar-refractivity contribution is 5.28. The van der Waals surface area contributed by atoms with Crippen LogP contribution in [0.5, 0.6) is 5.75 Å². The summed E-state index contributed by atoms with van der Waals surface area (Å²) in [4.78, 5) is 0. The second-order valence-electron chi connectivity index (χ2n) is 2.87. The van der Waals surface area contributed by atoms with Crippen molar-refractivity contribution in [2.75, 3.05) is 13.7 Å². The highest BCUT2D eigenvalue weighted by atomic mass is 16.5. The standard InChI is InChI=1S/C10H15NO2/c1-13-9-4-2-8(3-5-9)10(12)6-7-11/h2-5,10,12H,6-7,11H2,1H3/t10-/m1/s1. The van der Waals surface area contributed by atoms with E-state index in [-0.39, 0.29) is 0 Å². The predicted octanol–water partition coefficient (Wildman–Crippen LogP) is 1.08. The van der Waals surface area contributed by atoms with Crippen LogP contribution < -0.4 is 10.5 Å². The number of hydrogen-bond acceptors (Lipinski definition) is 3. The summed E-state index contributed by atoms with van der Waals surface area (Å²) >= 11 is 0. The maximum atomic E-state index is 9.56. The van der Waals surface area contributed by atoms with E-state index < -0.39 is 6.10 Å². The largest absolute Gasteiger partial charge is 0.497 e. The summed E-state index contributed by atoms with van der Waals surface area (Å²) in [6.45, 7) is 0.493. The number of nitrogens with two attached hydrogens (primary N) is 1. The van der Waals surface area contributed by atoms with Crippen LogP contribution in [-0.4, -0.2) is 18.8 Å². The Morgan fingerprint density at radius 3 is 2.46 bits per heavy atom. The molecule has 0 saturated carbocycles. The Labute approximate surface area is 78.1 Å². The number of aliphatic hydroxyl groups is 1. The first-order valence-corrected chi connectivity index (χ1v) is 4.30. The maximum Gasteiger partial charge on any atom is 0.118 e. The van der Waals surface area contributed by atoms with Gasteiger partial charge in [-0.25, -0.2) is 0 Å². The first-order chi connectivity index (χ1) is 6.27. The van der Waals surface area contributed by atoms with E-state index in [2.05, 4.69) is 0 Å². The fourth-order valence-corrected chi connectivity index (χ4v) is 1.15. The average Bonchev–Trinajstić information content (AvgIpc) is 2.18. The van der Waals surface area contributed by atoms with Crippen molar-refractivity contribution in [3.8, 4) is 5.75 Å². The molecular weight excluding hydrogens is 166 g/mol. The van der Waals surface area contributed by atoms with Gasteiger partial charge in [0.15, 0.2) is 0 Å². The normalized spacial score (nSPS) is 12.5. The van der Waals surface area contributed by atoms with Crippen molar-refractivity contribution in [1.82, 2.24) is 0 Å². The monoisotopic (exact) mass is 181 g/mol. The highest BCUT2D eigenvalue weighted by Crippen LogP contribution is 2.19. The van der Waals surface area contributed by atoms with E-state index in [0.29, 0.717) is 13.0 Å². The smallest absolute Gasteiger partial charge is 0.118 e. The van der Waals surface area contributed by atoms with Gasteiger partial charge in [0, 0.05) is 0 Å². The van der Waals surface area contributed by atoms with Gasteiger partial charge in [-0.15, -0.1) is 0 Å². The Kier molecular flexibility index (Phi) is 3.73. The molecule has 0 fully saturated rings. The fourth-order valence-electron chi connectivity index (χ4n) is 1.15. The fraction of sp³-hybridized carbons (Fsp3) is 0.400. The quantitative estimate of drug-likeness (QED) is 0.730. The third-order valence-electron chi connectivity index (χ3n) is 1.94. The van der Waals surface area contributed by atoms with Crippen LogP contribution in [0.25, 0.3) is 0 Å². The molecule has 3 nitrogen and oxygen atoms in total. The van der Waals surface area contributed by atoms with Gasteiger partial charge in [-0.3, -0.25) is 0 Å². The molecule has 1 aromatic carbocycles. The van der Waals surface area contributed by atoms with Gasteiger partial charge in [0.2, 0.25) is 0 Å². The number of hydrogen-bond donors (Lipinski definition) is 2. The Morgan fingerprint density at radius 2 is 2.00 bits per heavy atom. The molecule has 0 amide bonds. The van der Waals surface area contributed by atoms with Crippen molar-refractivity contribution in [3.63, 3.8) is 0 Å². The summed E-state index contributed by atoms with van der Waals surface area (Å²) in [6.07, 6.45) is 0.127. The molecule has 1 aromatic rings. The lowest BCUT2D eigenvalue weighted by molar-refractivity contribution is 0.170. The van der Waals surface area contributed by atoms with Crippen LogP contribution >= 0.6 is 0 Å². The molecular formula is C10H15NO2. The summed E-state index contributed by atoms with van der Waals surface area (Å²) in [7, 11) is 1.62. The Balaban J connectivity index is 2.67. The van der Waals surface area contributed by atoms with E-state index >= 15 is 0 Å². The zero-order chi connectivity index (χ0) is 9.68. The van der Waals surface area contributed by atoms with Crippen molar-refractivity contribution in [3.05, 3.63) is 29.8 Å². The van der Waals surface area contributed by atoms with Crippen LogP contribution in [0, 0.1) is 0 Å². The number of methoxy groups -OCH3 is 1. The molecule has 0 heterocycles. The minimum atomic E-state index is -0.462. The van der Waals surface area contributed by atoms with Gasteiger partial charge in [0.25, 0.3) is 0 Å². The first-order valence-electron chi connectivity index (χ1n) is 4.30. The van der Waals surface area contributed by atoms with Gasteiger partial charge in [-0.05, 0) is 30.7 Å². The van der Waals surface area contributed by atoms with Crippen molar-refractivity contribution < 1.29 is 9.84 Å². The minimum Gasteiger partial charge on any atom is -0.497 e. The van der Waals surface area contributed by atoms with Crippen LogP contribution in [0.15, 0.2) is 24.3 Å². The maximum absolute atomic E-state index is 9.56. The van der Waals surface area contributed by atoms with E-state index in [4.69, 9.17) is 10.5 Å². The molecule has 0 aliphatic heterocycles. The van der Waals surface area contributed by atoms with Crippen molar-refractivity contribution in [2.45, 2.75) is 12.5 Å². The van der Waals surface area contributed by atoms with E-state index in [1.807, 2.05) is 24.3 Å². The topological polar surface area (TPSA) is 55.5 Å². The summed E-state index contributed by atoms with van der Waals surface area (Å²) in [5.41, 5.74) is 6.22. The minimum absolute atomic E-state index is 0.462. The molecule has 72 valence electrons. The average molecular weight is 181 g/mol. The van der Waals surface area contributed by atoms with Gasteiger partial charge >= 0.3 is 0 Å². The Bertz CT molecular complexity index is 246. The molecule has 0 bridgehead atoms. The van der Waals surface area contributed by atoms with Crippen LogP contribution in [0.1, 0.15) is 18.1 Å². The molecule has 13 heavy (non-hydrogen) atoms. The molecule has 0 aromatic heterocycles. The third kappa shape index (κ3) is 2.72. The number of ether oxygens (including phenoxy) is 1. The van der Waals surface area contributed by atoms with Crippen molar-refractivity contribution >= 4 is 0 Å². The van der Waals surface area contributed by atoms with Crippen molar-refractivity contribution in [2.24, 2.45) is 5.73 Å². The lowest BCUT2D eigenvalue weighted by Crippen LogP contribution is -2.06. The molecule has 1 atom stereocenters. The van der Waals surface area contributed by atoms with Crippen LogP contribution in [-0.2, 0) is 0 Å². The van der Waals surface area contributed by atoms with E-state index in [9.17, 15) is 5.11 Å². The van der Waals surface area contributed by atoms with Crippen LogP contribution in [0.2, 0.25) is 0 Å². The van der Waals surface area contributed by atoms with Gasteiger partial charge in [-0.1, -0.05) is 12.1 Å². The van der Waals surface area contributed by atoms with E-state index in [0.717, 1.165) is 11.3 Å². The number of benzene rings is 1. The van der Waals surface area contributed by atoms with Crippen LogP contribution in [0.4, 0.5) is 0 Å². The summed E-state index contributed by atoms with van der Waals surface area (Å²) in [5.74, 6) is 0.795. The Morgan fingerprint density at radius 1 is 1.38 bits per heavy atom. The molecule has 0 aliphatic rings. The lowest BCUT2D eigenvalue weighted by atomic mass is 10.1. The molecule has 0 unspecified atom stereocenters. The third-order valence-corrected chi connectivity index (χ3v) is 1.94. The van der Waals surface area contributed by atoms with E-state index in [1.54, 1.807) is 7.11 Å². The second kappa shape index (κ2) is 4.84. The van der Waals surface area contributed by atoms with E-state index in [1.165, 1.54) is 0 Å². The van der Waals surface area contributed by atoms with Gasteiger partial charge < -0.3 is 15.6 Å². The zero-order valence-corrected chi connectivity index (χ0v) is 7.73. The first kappa shape index (κ1) is 10.0. The molecule has 0 radical (unpaired) electrons. The Hall–Kier alpha value is -1.06. The predicted molar refractivity (Wildman–Crippen MR) is 51.6 cm³/mol. The highest BCUT2D eigenvalue weighted by Gasteiger charge is 2.05.